The van der Waals surface area contributed by atoms with Crippen LogP contribution in [0.2, 0.25) is 0 Å². The minimum atomic E-state index is -2.25. The zero-order valence-corrected chi connectivity index (χ0v) is 8.42. The Bertz CT molecular complexity index is 45.5. The van der Waals surface area contributed by atoms with Crippen LogP contribution >= 0.6 is 0 Å². The van der Waals surface area contributed by atoms with E-state index in [-0.39, 0.29) is 26.2 Å². The molecule has 5 heteroatoms. The van der Waals surface area contributed by atoms with Crippen molar-refractivity contribution in [1.29, 1.82) is 0 Å². The van der Waals surface area contributed by atoms with Crippen LogP contribution < -0.4 is 0 Å². The summed E-state index contributed by atoms with van der Waals surface area (Å²) in [5, 5.41) is 15.5. The van der Waals surface area contributed by atoms with E-state index in [9.17, 15) is 0 Å². The van der Waals surface area contributed by atoms with Crippen molar-refractivity contribution >= 4 is 26.2 Å². The van der Waals surface area contributed by atoms with Crippen molar-refractivity contribution < 1.29 is 20.0 Å². The molecule has 38 valence electrons. The van der Waals surface area contributed by atoms with Crippen molar-refractivity contribution in [3.8, 4) is 0 Å². The summed E-state index contributed by atoms with van der Waals surface area (Å²) in [7, 11) is 0. The van der Waals surface area contributed by atoms with E-state index in [1.54, 1.807) is 0 Å². The molecule has 1 rings (SSSR count). The van der Waals surface area contributed by atoms with Crippen LogP contribution in [0.15, 0.2) is 0 Å². The summed E-state index contributed by atoms with van der Waals surface area (Å²) in [4.78, 5) is 7.01. The Hall–Kier alpha value is 0.723. The van der Waals surface area contributed by atoms with E-state index in [0.29, 0.717) is 0 Å². The van der Waals surface area contributed by atoms with Gasteiger partial charge in [0, 0.05) is 0 Å². The summed E-state index contributed by atoms with van der Waals surface area (Å²) in [6.07, 6.45) is -2.25. The topological polar surface area (TPSA) is 65.5 Å². The molecule has 0 aromatic heterocycles. The van der Waals surface area contributed by atoms with Crippen molar-refractivity contribution in [2.24, 2.45) is 0 Å². The molecule has 0 atom stereocenters. The molecular weight excluding hydrogens is 285 g/mol. The van der Waals surface area contributed by atoms with E-state index in [2.05, 4.69) is 9.78 Å². The predicted octanol–water partition coefficient (Wildman–Crippen LogP) is -2.64. The number of rotatable bonds is 0. The first-order valence-corrected chi connectivity index (χ1v) is 1.02. The van der Waals surface area contributed by atoms with Gasteiger partial charge in [-0.3, -0.25) is 0 Å². The molecule has 0 unspecified atom stereocenters. The molecule has 1 heterocycles. The molecule has 2 N–H and O–H groups in total. The molecule has 6 heavy (non-hydrogen) atoms. The fraction of sp³-hybridized carbons (Fsp3) is 1.00. The van der Waals surface area contributed by atoms with Gasteiger partial charge < -0.3 is 10.2 Å². The molecular formula is CH5BiO4. The van der Waals surface area contributed by atoms with E-state index >= 15 is 0 Å². The summed E-state index contributed by atoms with van der Waals surface area (Å²) in [5.74, 6) is 0. The van der Waals surface area contributed by atoms with Gasteiger partial charge in [-0.1, -0.05) is 0 Å². The maximum absolute atomic E-state index is 7.74. The average molecular weight is 290 g/mol. The van der Waals surface area contributed by atoms with E-state index in [1.807, 2.05) is 0 Å². The van der Waals surface area contributed by atoms with Crippen LogP contribution in [0.1, 0.15) is 0 Å². The van der Waals surface area contributed by atoms with Gasteiger partial charge in [0.15, 0.2) is 0 Å². The van der Waals surface area contributed by atoms with Crippen LogP contribution in [0.25, 0.3) is 0 Å². The average Bonchev–Trinajstić information content (AvgIpc) is 1.76. The monoisotopic (exact) mass is 290 g/mol. The molecule has 1 aliphatic heterocycles. The van der Waals surface area contributed by atoms with Crippen molar-refractivity contribution in [2.45, 2.75) is 6.16 Å². The molecule has 1 fully saturated rings. The van der Waals surface area contributed by atoms with Gasteiger partial charge in [-0.2, -0.15) is 0 Å². The molecule has 0 aromatic rings. The Morgan fingerprint density at radius 1 is 1.17 bits per heavy atom. The molecule has 0 saturated carbocycles. The molecule has 1 saturated heterocycles. The second-order valence-corrected chi connectivity index (χ2v) is 0.715. The molecule has 0 aliphatic carbocycles. The van der Waals surface area contributed by atoms with Gasteiger partial charge in [0.2, 0.25) is 0 Å². The third kappa shape index (κ3) is 2.00. The Morgan fingerprint density at radius 3 is 1.33 bits per heavy atom. The van der Waals surface area contributed by atoms with Crippen LogP contribution in [0.5, 0.6) is 0 Å². The van der Waals surface area contributed by atoms with Crippen LogP contribution in [-0.2, 0) is 9.78 Å². The standard InChI is InChI=1S/CH2O4.Bi.3H/c2-1(3)4-5-1;;;;/h2-3H;;;;. The SMILES string of the molecule is OC1(O)OO1.[BiH3]. The summed E-state index contributed by atoms with van der Waals surface area (Å²) < 4.78 is 0. The van der Waals surface area contributed by atoms with E-state index < -0.39 is 6.16 Å². The van der Waals surface area contributed by atoms with Gasteiger partial charge in [-0.15, -0.1) is 9.78 Å². The quantitative estimate of drug-likeness (QED) is 0.221. The van der Waals surface area contributed by atoms with Crippen LogP contribution in [0.4, 0.5) is 0 Å². The first-order chi connectivity index (χ1) is 2.21. The summed E-state index contributed by atoms with van der Waals surface area (Å²) in [6, 6.07) is 0. The molecule has 1 aliphatic rings. The van der Waals surface area contributed by atoms with Gasteiger partial charge >= 0.3 is 32.4 Å². The van der Waals surface area contributed by atoms with Gasteiger partial charge in [0.25, 0.3) is 0 Å². The van der Waals surface area contributed by atoms with Crippen LogP contribution in [-0.4, -0.2) is 42.6 Å². The summed E-state index contributed by atoms with van der Waals surface area (Å²) >= 11 is 0. The zero-order chi connectivity index (χ0) is 3.91. The number of aliphatic hydroxyl groups is 2. The third-order valence-corrected chi connectivity index (χ3v) is 0.232. The second-order valence-electron chi connectivity index (χ2n) is 0.715. The minimum absolute atomic E-state index is 0. The molecule has 0 amide bonds. The van der Waals surface area contributed by atoms with Crippen LogP contribution in [0.3, 0.4) is 0 Å². The molecule has 0 spiro atoms. The Morgan fingerprint density at radius 2 is 1.33 bits per heavy atom. The van der Waals surface area contributed by atoms with Crippen molar-refractivity contribution in [1.82, 2.24) is 0 Å². The molecule has 0 aromatic carbocycles. The molecule has 0 radical (unpaired) electrons. The normalized spacial score (nSPS) is 25.0. The van der Waals surface area contributed by atoms with Crippen molar-refractivity contribution in [3.05, 3.63) is 0 Å². The van der Waals surface area contributed by atoms with Gasteiger partial charge in [-0.25, -0.2) is 0 Å². The van der Waals surface area contributed by atoms with Crippen molar-refractivity contribution in [2.75, 3.05) is 0 Å². The van der Waals surface area contributed by atoms with E-state index in [4.69, 9.17) is 10.2 Å². The van der Waals surface area contributed by atoms with E-state index in [0.717, 1.165) is 0 Å². The summed E-state index contributed by atoms with van der Waals surface area (Å²) in [6.45, 7) is 0. The fourth-order valence-electron chi connectivity index (χ4n) is 0.0373. The molecule has 0 bridgehead atoms. The van der Waals surface area contributed by atoms with E-state index in [1.165, 1.54) is 0 Å². The van der Waals surface area contributed by atoms with Gasteiger partial charge in [0.05, 0.1) is 0 Å². The third-order valence-electron chi connectivity index (χ3n) is 0.232. The predicted molar refractivity (Wildman–Crippen MR) is 19.3 cm³/mol. The number of hydrogen-bond donors (Lipinski definition) is 2. The zero-order valence-electron chi connectivity index (χ0n) is 2.92. The first kappa shape index (κ1) is 6.72. The fourth-order valence-corrected chi connectivity index (χ4v) is 0.0373. The maximum atomic E-state index is 7.74. The Balaban J connectivity index is 0.000000250. The van der Waals surface area contributed by atoms with Crippen LogP contribution in [0, 0.1) is 0 Å². The van der Waals surface area contributed by atoms with Gasteiger partial charge in [0.1, 0.15) is 0 Å². The Kier molecular flexibility index (Phi) is 1.88. The second kappa shape index (κ2) is 1.68. The summed E-state index contributed by atoms with van der Waals surface area (Å²) in [5.41, 5.74) is 0. The van der Waals surface area contributed by atoms with Gasteiger partial charge in [-0.05, 0) is 0 Å². The van der Waals surface area contributed by atoms with Crippen molar-refractivity contribution in [3.63, 3.8) is 0 Å². The first-order valence-electron chi connectivity index (χ1n) is 1.02. The molecule has 4 nitrogen and oxygen atoms in total. The Labute approximate surface area is 52.7 Å². The number of hydrogen-bond acceptors (Lipinski definition) is 4.